The van der Waals surface area contributed by atoms with Gasteiger partial charge in [-0.15, -0.1) is 11.3 Å². The molecule has 0 radical (unpaired) electrons. The van der Waals surface area contributed by atoms with Crippen molar-refractivity contribution in [2.45, 2.75) is 11.8 Å². The van der Waals surface area contributed by atoms with Crippen LogP contribution in [-0.2, 0) is 19.6 Å². The zero-order valence-corrected chi connectivity index (χ0v) is 14.3. The van der Waals surface area contributed by atoms with Gasteiger partial charge in [0.05, 0.1) is 10.6 Å². The van der Waals surface area contributed by atoms with Gasteiger partial charge in [0, 0.05) is 14.1 Å². The molecule has 23 heavy (non-hydrogen) atoms. The molecule has 124 valence electrons. The largest absolute Gasteiger partial charge is 0.504 e. The van der Waals surface area contributed by atoms with Gasteiger partial charge in [0.25, 0.3) is 15.9 Å². The zero-order valence-electron chi connectivity index (χ0n) is 12.7. The van der Waals surface area contributed by atoms with Gasteiger partial charge in [-0.1, -0.05) is 0 Å². The van der Waals surface area contributed by atoms with Gasteiger partial charge in [-0.05, 0) is 18.4 Å². The Labute approximate surface area is 137 Å². The summed E-state index contributed by atoms with van der Waals surface area (Å²) in [6.45, 7) is 2.05. The second-order valence-electron chi connectivity index (χ2n) is 5.12. The first-order valence-corrected chi connectivity index (χ1v) is 8.93. The van der Waals surface area contributed by atoms with Crippen LogP contribution < -0.4 is 5.32 Å². The first-order valence-electron chi connectivity index (χ1n) is 6.61. The monoisotopic (exact) mass is 357 g/mol. The number of hydrogen-bond donors (Lipinski definition) is 2. The molecule has 0 saturated carbocycles. The summed E-state index contributed by atoms with van der Waals surface area (Å²) in [4.78, 5) is 14.4. The molecule has 3 heterocycles. The molecule has 2 N–H and O–H groups in total. The number of amides is 1. The van der Waals surface area contributed by atoms with E-state index in [0.29, 0.717) is 5.70 Å². The number of aliphatic hydroxyl groups excluding tert-OH is 1. The fourth-order valence-electron chi connectivity index (χ4n) is 2.27. The van der Waals surface area contributed by atoms with Crippen molar-refractivity contribution in [2.24, 2.45) is 0 Å². The standard InChI is InChI=1S/C13H15N3O5S2/c1-7-13(21-6-15(7)2)14-12(18)9-10(17)11-8(4-5-22-11)23(19,20)16(9)3/h4-5,17H,6H2,1-3H3,(H,14,18). The van der Waals surface area contributed by atoms with E-state index in [9.17, 15) is 18.3 Å². The number of nitrogens with zero attached hydrogens (tertiary/aromatic N) is 2. The summed E-state index contributed by atoms with van der Waals surface area (Å²) >= 11 is 1.06. The quantitative estimate of drug-likeness (QED) is 0.813. The van der Waals surface area contributed by atoms with Gasteiger partial charge in [-0.3, -0.25) is 14.4 Å². The molecule has 0 aromatic carbocycles. The molecule has 3 rings (SSSR count). The third kappa shape index (κ3) is 2.25. The van der Waals surface area contributed by atoms with E-state index in [4.69, 9.17) is 4.74 Å². The Morgan fingerprint density at radius 3 is 2.74 bits per heavy atom. The second-order valence-corrected chi connectivity index (χ2v) is 7.98. The minimum absolute atomic E-state index is 0.00806. The average molecular weight is 357 g/mol. The number of carbonyl (C=O) groups excluding carboxylic acids is 1. The van der Waals surface area contributed by atoms with Crippen molar-refractivity contribution < 1.29 is 23.1 Å². The molecule has 0 saturated heterocycles. The first-order chi connectivity index (χ1) is 10.7. The van der Waals surface area contributed by atoms with E-state index < -0.39 is 15.9 Å². The number of nitrogens with one attached hydrogen (secondary N) is 1. The summed E-state index contributed by atoms with van der Waals surface area (Å²) in [5.74, 6) is -0.882. The molecule has 1 aromatic heterocycles. The van der Waals surface area contributed by atoms with Gasteiger partial charge in [-0.2, -0.15) is 0 Å². The smallest absolute Gasteiger partial charge is 0.279 e. The first kappa shape index (κ1) is 15.7. The Balaban J connectivity index is 2.02. The fraction of sp³-hybridized carbons (Fsp3) is 0.308. The molecule has 0 atom stereocenters. The van der Waals surface area contributed by atoms with Crippen LogP contribution in [0.5, 0.6) is 0 Å². The molecule has 10 heteroatoms. The van der Waals surface area contributed by atoms with Crippen LogP contribution in [0.1, 0.15) is 11.8 Å². The molecule has 0 spiro atoms. The molecule has 2 aliphatic heterocycles. The lowest BCUT2D eigenvalue weighted by atomic mass is 10.3. The number of carbonyl (C=O) groups is 1. The predicted molar refractivity (Wildman–Crippen MR) is 83.4 cm³/mol. The SMILES string of the molecule is CC1=C(NC(=O)C2=C(O)c3sccc3S(=O)(=O)N2C)OCN1C. The highest BCUT2D eigenvalue weighted by Gasteiger charge is 2.39. The maximum absolute atomic E-state index is 12.5. The van der Waals surface area contributed by atoms with Crippen LogP contribution in [0.25, 0.3) is 5.76 Å². The Morgan fingerprint density at radius 1 is 1.43 bits per heavy atom. The lowest BCUT2D eigenvalue weighted by Gasteiger charge is -2.26. The summed E-state index contributed by atoms with van der Waals surface area (Å²) in [5.41, 5.74) is 0.370. The molecule has 0 unspecified atom stereocenters. The normalized spacial score (nSPS) is 19.8. The number of hydrogen-bond acceptors (Lipinski definition) is 7. The summed E-state index contributed by atoms with van der Waals surface area (Å²) in [6, 6.07) is 1.40. The summed E-state index contributed by atoms with van der Waals surface area (Å²) in [7, 11) is -0.847. The van der Waals surface area contributed by atoms with Crippen molar-refractivity contribution in [3.63, 3.8) is 0 Å². The van der Waals surface area contributed by atoms with E-state index in [-0.39, 0.29) is 33.8 Å². The number of thiophene rings is 1. The van der Waals surface area contributed by atoms with E-state index in [0.717, 1.165) is 15.6 Å². The summed E-state index contributed by atoms with van der Waals surface area (Å²) in [6.07, 6.45) is 0. The van der Waals surface area contributed by atoms with Crippen molar-refractivity contribution in [1.29, 1.82) is 0 Å². The molecule has 1 amide bonds. The van der Waals surface area contributed by atoms with Gasteiger partial charge in [0.15, 0.2) is 18.2 Å². The third-order valence-corrected chi connectivity index (χ3v) is 6.62. The van der Waals surface area contributed by atoms with Crippen LogP contribution in [0.4, 0.5) is 0 Å². The van der Waals surface area contributed by atoms with Crippen molar-refractivity contribution in [3.8, 4) is 0 Å². The van der Waals surface area contributed by atoms with Gasteiger partial charge < -0.3 is 14.7 Å². The maximum Gasteiger partial charge on any atom is 0.279 e. The van der Waals surface area contributed by atoms with E-state index in [2.05, 4.69) is 5.32 Å². The van der Waals surface area contributed by atoms with E-state index in [1.165, 1.54) is 13.1 Å². The minimum Gasteiger partial charge on any atom is -0.504 e. The van der Waals surface area contributed by atoms with Crippen molar-refractivity contribution in [3.05, 3.63) is 33.6 Å². The molecular formula is C13H15N3O5S2. The molecule has 1 aromatic rings. The highest BCUT2D eigenvalue weighted by atomic mass is 32.2. The van der Waals surface area contributed by atoms with Gasteiger partial charge in [0.1, 0.15) is 4.90 Å². The van der Waals surface area contributed by atoms with Crippen LogP contribution in [0.3, 0.4) is 0 Å². The van der Waals surface area contributed by atoms with Crippen molar-refractivity contribution >= 4 is 33.0 Å². The van der Waals surface area contributed by atoms with Gasteiger partial charge >= 0.3 is 0 Å². The van der Waals surface area contributed by atoms with Gasteiger partial charge in [0.2, 0.25) is 5.88 Å². The van der Waals surface area contributed by atoms with Crippen LogP contribution in [0.2, 0.25) is 0 Å². The topological polar surface area (TPSA) is 99.2 Å². The molecule has 0 aliphatic carbocycles. The highest BCUT2D eigenvalue weighted by Crippen LogP contribution is 2.38. The van der Waals surface area contributed by atoms with Crippen molar-refractivity contribution in [1.82, 2.24) is 14.5 Å². The zero-order chi connectivity index (χ0) is 16.9. The lowest BCUT2D eigenvalue weighted by molar-refractivity contribution is -0.118. The number of fused-ring (bicyclic) bond motifs is 1. The summed E-state index contributed by atoms with van der Waals surface area (Å²) < 4.78 is 31.0. The Kier molecular flexibility index (Phi) is 3.52. The molecular weight excluding hydrogens is 342 g/mol. The van der Waals surface area contributed by atoms with Crippen molar-refractivity contribution in [2.75, 3.05) is 20.8 Å². The van der Waals surface area contributed by atoms with Crippen LogP contribution in [0.15, 0.2) is 33.6 Å². The molecule has 8 nitrogen and oxygen atoms in total. The van der Waals surface area contributed by atoms with Gasteiger partial charge in [-0.25, -0.2) is 8.42 Å². The fourth-order valence-corrected chi connectivity index (χ4v) is 4.83. The van der Waals surface area contributed by atoms with E-state index >= 15 is 0 Å². The second kappa shape index (κ2) is 5.17. The summed E-state index contributed by atoms with van der Waals surface area (Å²) in [5, 5.41) is 14.4. The average Bonchev–Trinajstić information content (AvgIpc) is 3.09. The maximum atomic E-state index is 12.5. The van der Waals surface area contributed by atoms with Crippen LogP contribution in [0, 0.1) is 0 Å². The number of ether oxygens (including phenoxy) is 1. The molecule has 0 bridgehead atoms. The van der Waals surface area contributed by atoms with Crippen LogP contribution in [-0.4, -0.2) is 49.5 Å². The number of sulfonamides is 1. The minimum atomic E-state index is -3.86. The van der Waals surface area contributed by atoms with E-state index in [1.54, 1.807) is 24.3 Å². The Bertz CT molecular complexity index is 853. The molecule has 0 fully saturated rings. The number of allylic oxidation sites excluding steroid dienone is 1. The highest BCUT2D eigenvalue weighted by molar-refractivity contribution is 7.89. The van der Waals surface area contributed by atoms with E-state index in [1.807, 2.05) is 0 Å². The number of aliphatic hydroxyl groups is 1. The number of likely N-dealkylation sites (N-methyl/N-ethyl adjacent to an activating group) is 1. The Hall–Kier alpha value is -2.20. The number of rotatable bonds is 2. The van der Waals surface area contributed by atoms with Crippen LogP contribution >= 0.6 is 11.3 Å². The molecule has 2 aliphatic rings. The predicted octanol–water partition coefficient (Wildman–Crippen LogP) is 0.834. The lowest BCUT2D eigenvalue weighted by Crippen LogP contribution is -2.39. The third-order valence-electron chi connectivity index (χ3n) is 3.77. The Morgan fingerprint density at radius 2 is 2.13 bits per heavy atom.